The number of aromatic nitrogens is 2. The number of rotatable bonds is 12. The maximum absolute atomic E-state index is 13.3. The summed E-state index contributed by atoms with van der Waals surface area (Å²) in [5, 5.41) is 7.15. The van der Waals surface area contributed by atoms with Gasteiger partial charge in [0.15, 0.2) is 0 Å². The molecule has 5 rings (SSSR count). The molecule has 0 saturated heterocycles. The molecule has 254 valence electrons. The lowest BCUT2D eigenvalue weighted by atomic mass is 9.93. The molecule has 1 aromatic heterocycles. The zero-order valence-corrected chi connectivity index (χ0v) is 27.0. The largest absolute Gasteiger partial charge is 0.493 e. The molecular formula is C34H35F3N4O6S. The topological polar surface area (TPSA) is 131 Å². The van der Waals surface area contributed by atoms with Gasteiger partial charge in [-0.1, -0.05) is 30.3 Å². The van der Waals surface area contributed by atoms with E-state index in [1.54, 1.807) is 34.0 Å². The van der Waals surface area contributed by atoms with Crippen LogP contribution in [-0.2, 0) is 38.8 Å². The number of hydrogen-bond donors (Lipinski definition) is 2. The van der Waals surface area contributed by atoms with Gasteiger partial charge in [0, 0.05) is 48.1 Å². The van der Waals surface area contributed by atoms with Gasteiger partial charge in [-0.25, -0.2) is 0 Å². The van der Waals surface area contributed by atoms with E-state index < -0.39 is 33.5 Å². The number of halogens is 3. The Kier molecular flexibility index (Phi) is 10.5. The summed E-state index contributed by atoms with van der Waals surface area (Å²) in [6.45, 7) is 2.44. The number of amides is 2. The van der Waals surface area contributed by atoms with Crippen LogP contribution in [0.15, 0.2) is 73.1 Å². The third kappa shape index (κ3) is 8.81. The van der Waals surface area contributed by atoms with Gasteiger partial charge in [0.25, 0.3) is 10.1 Å². The average molecular weight is 685 g/mol. The molecule has 2 N–H and O–H groups in total. The zero-order valence-electron chi connectivity index (χ0n) is 26.2. The zero-order chi connectivity index (χ0) is 34.5. The molecule has 0 unspecified atom stereocenters. The summed E-state index contributed by atoms with van der Waals surface area (Å²) in [7, 11) is -4.24. The molecule has 10 nitrogen and oxygen atoms in total. The standard InChI is InChI=1S/C34H35F3N4O6S/c1-23-29(34(35,36)37)11-4-13-31(23)47-17-6-14-33(43)41-16-5-10-28-27(9-3-12-30(28)41)25-20-38-40(22-25)21-24-7-2-8-26(19-24)39-32(42)15-18-48(44,45)46/h2-4,7-9,11-13,19-20,22H,5-6,10,14-18,21H2,1H3,(H,39,42)(H,44,45,46). The molecule has 14 heteroatoms. The third-order valence-electron chi connectivity index (χ3n) is 8.02. The lowest BCUT2D eigenvalue weighted by Crippen LogP contribution is -2.35. The molecule has 0 spiro atoms. The van der Waals surface area contributed by atoms with Crippen molar-refractivity contribution in [3.63, 3.8) is 0 Å². The van der Waals surface area contributed by atoms with Crippen LogP contribution in [0.5, 0.6) is 5.75 Å². The van der Waals surface area contributed by atoms with Gasteiger partial charge < -0.3 is 15.0 Å². The molecule has 1 aliphatic rings. The molecule has 0 bridgehead atoms. The summed E-state index contributed by atoms with van der Waals surface area (Å²) in [5.41, 5.74) is 4.29. The number of anilines is 2. The highest BCUT2D eigenvalue weighted by Crippen LogP contribution is 2.37. The minimum atomic E-state index is -4.47. The number of fused-ring (bicyclic) bond motifs is 1. The van der Waals surface area contributed by atoms with Crippen LogP contribution in [0, 0.1) is 6.92 Å². The Hall–Kier alpha value is -4.69. The number of carbonyl (C=O) groups excluding carboxylic acids is 2. The van der Waals surface area contributed by atoms with E-state index in [9.17, 15) is 31.2 Å². The highest BCUT2D eigenvalue weighted by molar-refractivity contribution is 7.85. The van der Waals surface area contributed by atoms with E-state index in [1.165, 1.54) is 19.1 Å². The highest BCUT2D eigenvalue weighted by Gasteiger charge is 2.33. The Morgan fingerprint density at radius 2 is 1.83 bits per heavy atom. The van der Waals surface area contributed by atoms with Gasteiger partial charge in [-0.05, 0) is 73.2 Å². The second-order valence-corrected chi connectivity index (χ2v) is 13.1. The summed E-state index contributed by atoms with van der Waals surface area (Å²) in [6, 6.07) is 16.7. The number of ether oxygens (including phenoxy) is 1. The molecule has 0 aliphatic carbocycles. The summed E-state index contributed by atoms with van der Waals surface area (Å²) in [6.07, 6.45) is 0.898. The fraction of sp³-hybridized carbons (Fsp3) is 0.324. The lowest BCUT2D eigenvalue weighted by molar-refractivity contribution is -0.138. The molecule has 0 radical (unpaired) electrons. The van der Waals surface area contributed by atoms with Crippen molar-refractivity contribution in [1.29, 1.82) is 0 Å². The van der Waals surface area contributed by atoms with Crippen LogP contribution in [0.1, 0.15) is 47.9 Å². The van der Waals surface area contributed by atoms with Gasteiger partial charge in [0.1, 0.15) is 5.75 Å². The monoisotopic (exact) mass is 684 g/mol. The Morgan fingerprint density at radius 3 is 2.60 bits per heavy atom. The van der Waals surface area contributed by atoms with Gasteiger partial charge in [-0.2, -0.15) is 26.7 Å². The van der Waals surface area contributed by atoms with E-state index in [0.717, 1.165) is 46.8 Å². The van der Waals surface area contributed by atoms with E-state index in [0.29, 0.717) is 25.2 Å². The molecule has 2 amide bonds. The van der Waals surface area contributed by atoms with E-state index in [4.69, 9.17) is 9.29 Å². The maximum atomic E-state index is 13.3. The molecule has 3 aromatic carbocycles. The van der Waals surface area contributed by atoms with Crippen LogP contribution < -0.4 is 15.0 Å². The smallest absolute Gasteiger partial charge is 0.416 e. The van der Waals surface area contributed by atoms with E-state index in [2.05, 4.69) is 10.4 Å². The molecular weight excluding hydrogens is 649 g/mol. The van der Waals surface area contributed by atoms with Gasteiger partial charge in [-0.15, -0.1) is 0 Å². The van der Waals surface area contributed by atoms with Crippen molar-refractivity contribution in [3.05, 3.63) is 95.3 Å². The van der Waals surface area contributed by atoms with Crippen molar-refractivity contribution in [2.24, 2.45) is 0 Å². The number of alkyl halides is 3. The lowest BCUT2D eigenvalue weighted by Gasteiger charge is -2.31. The Morgan fingerprint density at radius 1 is 1.06 bits per heavy atom. The Labute approximate surface area is 276 Å². The fourth-order valence-corrected chi connectivity index (χ4v) is 6.18. The molecule has 1 aliphatic heterocycles. The van der Waals surface area contributed by atoms with Crippen LogP contribution >= 0.6 is 0 Å². The van der Waals surface area contributed by atoms with Crippen LogP contribution in [0.4, 0.5) is 24.5 Å². The van der Waals surface area contributed by atoms with Crippen molar-refractivity contribution >= 4 is 33.3 Å². The third-order valence-corrected chi connectivity index (χ3v) is 8.74. The van der Waals surface area contributed by atoms with Crippen molar-refractivity contribution in [2.75, 3.05) is 29.1 Å². The number of carbonyl (C=O) groups is 2. The Bertz CT molecular complexity index is 1910. The van der Waals surface area contributed by atoms with Crippen molar-refractivity contribution in [2.45, 2.75) is 51.7 Å². The van der Waals surface area contributed by atoms with Crippen LogP contribution in [0.25, 0.3) is 11.1 Å². The first kappa shape index (κ1) is 34.6. The van der Waals surface area contributed by atoms with Crippen molar-refractivity contribution in [3.8, 4) is 16.9 Å². The van der Waals surface area contributed by atoms with E-state index in [-0.39, 0.29) is 36.7 Å². The molecule has 4 aromatic rings. The minimum absolute atomic E-state index is 0.0191. The predicted octanol–water partition coefficient (Wildman–Crippen LogP) is 6.28. The summed E-state index contributed by atoms with van der Waals surface area (Å²) in [5.74, 6) is -1.13. The fourth-order valence-electron chi connectivity index (χ4n) is 5.74. The van der Waals surface area contributed by atoms with E-state index in [1.807, 2.05) is 30.5 Å². The Balaban J connectivity index is 1.21. The quantitative estimate of drug-likeness (QED) is 0.133. The number of benzene rings is 3. The summed E-state index contributed by atoms with van der Waals surface area (Å²) in [4.78, 5) is 27.1. The molecule has 48 heavy (non-hydrogen) atoms. The van der Waals surface area contributed by atoms with E-state index >= 15 is 0 Å². The highest BCUT2D eigenvalue weighted by atomic mass is 32.2. The van der Waals surface area contributed by atoms with Gasteiger partial charge in [0.2, 0.25) is 11.8 Å². The predicted molar refractivity (Wildman–Crippen MR) is 174 cm³/mol. The van der Waals surface area contributed by atoms with Gasteiger partial charge in [0.05, 0.1) is 30.7 Å². The number of hydrogen-bond acceptors (Lipinski definition) is 6. The molecule has 0 atom stereocenters. The average Bonchev–Trinajstić information content (AvgIpc) is 3.49. The van der Waals surface area contributed by atoms with Crippen molar-refractivity contribution < 1.29 is 40.5 Å². The van der Waals surface area contributed by atoms with Crippen LogP contribution in [0.2, 0.25) is 0 Å². The van der Waals surface area contributed by atoms with Gasteiger partial charge in [-0.3, -0.25) is 18.8 Å². The second kappa shape index (κ2) is 14.6. The van der Waals surface area contributed by atoms with Crippen LogP contribution in [-0.4, -0.2) is 53.5 Å². The minimum Gasteiger partial charge on any atom is -0.493 e. The first-order valence-electron chi connectivity index (χ1n) is 15.4. The number of nitrogens with zero attached hydrogens (tertiary/aromatic N) is 3. The van der Waals surface area contributed by atoms with Crippen molar-refractivity contribution in [1.82, 2.24) is 9.78 Å². The van der Waals surface area contributed by atoms with Crippen LogP contribution in [0.3, 0.4) is 0 Å². The summed E-state index contributed by atoms with van der Waals surface area (Å²) < 4.78 is 77.8. The second-order valence-electron chi connectivity index (χ2n) is 11.5. The number of nitrogens with one attached hydrogen (secondary N) is 1. The first-order chi connectivity index (χ1) is 22.8. The summed E-state index contributed by atoms with van der Waals surface area (Å²) >= 11 is 0. The molecule has 0 fully saturated rings. The normalized spacial score (nSPS) is 13.2. The first-order valence-corrected chi connectivity index (χ1v) is 17.0. The molecule has 2 heterocycles. The SMILES string of the molecule is Cc1c(OCCCC(=O)N2CCCc3c(-c4cnn(Cc5cccc(NC(=O)CCS(=O)(=O)O)c5)c4)cccc32)cccc1C(F)(F)F. The molecule has 0 saturated carbocycles. The van der Waals surface area contributed by atoms with Gasteiger partial charge >= 0.3 is 6.18 Å². The maximum Gasteiger partial charge on any atom is 0.416 e.